The molecule has 24 heavy (non-hydrogen) atoms. The number of pyridine rings is 1. The average molecular weight is 325 g/mol. The van der Waals surface area contributed by atoms with Gasteiger partial charge in [0.05, 0.1) is 17.8 Å². The molecule has 0 saturated carbocycles. The molecule has 3 rings (SSSR count). The molecule has 0 atom stereocenters. The zero-order chi connectivity index (χ0) is 17.3. The molecule has 6 nitrogen and oxygen atoms in total. The Bertz CT molecular complexity index is 740. The fourth-order valence-corrected chi connectivity index (χ4v) is 2.78. The summed E-state index contributed by atoms with van der Waals surface area (Å²) in [6, 6.07) is 3.72. The van der Waals surface area contributed by atoms with Gasteiger partial charge in [0.15, 0.2) is 0 Å². The lowest BCUT2D eigenvalue weighted by Crippen LogP contribution is -2.22. The van der Waals surface area contributed by atoms with Crippen LogP contribution < -0.4 is 4.90 Å². The molecule has 1 aliphatic heterocycles. The number of rotatable bonds is 4. The first-order valence-corrected chi connectivity index (χ1v) is 8.20. The third kappa shape index (κ3) is 3.37. The first-order valence-electron chi connectivity index (χ1n) is 8.20. The van der Waals surface area contributed by atoms with Gasteiger partial charge >= 0.3 is 0 Å². The fraction of sp³-hybridized carbons (Fsp3) is 0.444. The number of carbonyl (C=O) groups is 1. The standard InChI is InChI=1S/C18H23N5O/c1-12(2)7-16-19-9-14-10-23(11-15(14)21-16)17-6-5-13(8-20-17)18(24)22(3)4/h5-6,8-9,12H,7,10-11H2,1-4H3. The molecule has 126 valence electrons. The van der Waals surface area contributed by atoms with E-state index >= 15 is 0 Å². The van der Waals surface area contributed by atoms with E-state index < -0.39 is 0 Å². The summed E-state index contributed by atoms with van der Waals surface area (Å²) >= 11 is 0. The van der Waals surface area contributed by atoms with E-state index in [2.05, 4.69) is 28.7 Å². The van der Waals surface area contributed by atoms with Crippen molar-refractivity contribution in [3.8, 4) is 0 Å². The van der Waals surface area contributed by atoms with Crippen LogP contribution >= 0.6 is 0 Å². The van der Waals surface area contributed by atoms with Crippen molar-refractivity contribution in [2.45, 2.75) is 33.4 Å². The van der Waals surface area contributed by atoms with E-state index in [0.29, 0.717) is 11.5 Å². The number of nitrogens with zero attached hydrogens (tertiary/aromatic N) is 5. The molecule has 2 aromatic heterocycles. The molecule has 0 aromatic carbocycles. The fourth-order valence-electron chi connectivity index (χ4n) is 2.78. The van der Waals surface area contributed by atoms with Crippen molar-refractivity contribution in [3.63, 3.8) is 0 Å². The average Bonchev–Trinajstić information content (AvgIpc) is 2.97. The van der Waals surface area contributed by atoms with Crippen LogP contribution in [0.3, 0.4) is 0 Å². The van der Waals surface area contributed by atoms with E-state index in [1.165, 1.54) is 0 Å². The summed E-state index contributed by atoms with van der Waals surface area (Å²) in [5, 5.41) is 0. The molecule has 0 spiro atoms. The first kappa shape index (κ1) is 16.4. The smallest absolute Gasteiger partial charge is 0.254 e. The number of anilines is 1. The third-order valence-corrected chi connectivity index (χ3v) is 4.02. The van der Waals surface area contributed by atoms with Crippen LogP contribution in [0.25, 0.3) is 0 Å². The Balaban J connectivity index is 1.74. The highest BCUT2D eigenvalue weighted by Crippen LogP contribution is 2.25. The van der Waals surface area contributed by atoms with Crippen LogP contribution in [0.2, 0.25) is 0 Å². The van der Waals surface area contributed by atoms with Crippen molar-refractivity contribution in [2.24, 2.45) is 5.92 Å². The van der Waals surface area contributed by atoms with E-state index in [0.717, 1.165) is 42.4 Å². The molecule has 3 heterocycles. The Labute approximate surface area is 142 Å². The molecule has 0 saturated heterocycles. The molecule has 0 radical (unpaired) electrons. The van der Waals surface area contributed by atoms with Crippen molar-refractivity contribution < 1.29 is 4.79 Å². The summed E-state index contributed by atoms with van der Waals surface area (Å²) in [7, 11) is 3.47. The van der Waals surface area contributed by atoms with Crippen LogP contribution in [0, 0.1) is 5.92 Å². The van der Waals surface area contributed by atoms with Crippen LogP contribution in [0.15, 0.2) is 24.5 Å². The Morgan fingerprint density at radius 3 is 2.62 bits per heavy atom. The van der Waals surface area contributed by atoms with Gasteiger partial charge in [0.25, 0.3) is 5.91 Å². The van der Waals surface area contributed by atoms with Crippen molar-refractivity contribution >= 4 is 11.7 Å². The zero-order valence-corrected chi connectivity index (χ0v) is 14.7. The Kier molecular flexibility index (Phi) is 4.46. The SMILES string of the molecule is CC(C)Cc1ncc2c(n1)CN(c1ccc(C(=O)N(C)C)cn1)C2. The third-order valence-electron chi connectivity index (χ3n) is 4.02. The monoisotopic (exact) mass is 325 g/mol. The van der Waals surface area contributed by atoms with Crippen molar-refractivity contribution in [3.05, 3.63) is 47.2 Å². The summed E-state index contributed by atoms with van der Waals surface area (Å²) < 4.78 is 0. The summed E-state index contributed by atoms with van der Waals surface area (Å²) in [5.74, 6) is 2.27. The van der Waals surface area contributed by atoms with E-state index in [-0.39, 0.29) is 5.91 Å². The van der Waals surface area contributed by atoms with Gasteiger partial charge < -0.3 is 9.80 Å². The Hall–Kier alpha value is -2.50. The predicted molar refractivity (Wildman–Crippen MR) is 92.7 cm³/mol. The highest BCUT2D eigenvalue weighted by Gasteiger charge is 2.23. The summed E-state index contributed by atoms with van der Waals surface area (Å²) in [4.78, 5) is 29.3. The minimum absolute atomic E-state index is 0.0389. The van der Waals surface area contributed by atoms with Gasteiger partial charge in [-0.3, -0.25) is 4.79 Å². The lowest BCUT2D eigenvalue weighted by atomic mass is 10.1. The highest BCUT2D eigenvalue weighted by atomic mass is 16.2. The van der Waals surface area contributed by atoms with Gasteiger partial charge in [-0.15, -0.1) is 0 Å². The van der Waals surface area contributed by atoms with Crippen LogP contribution in [0.1, 0.15) is 41.3 Å². The van der Waals surface area contributed by atoms with Gasteiger partial charge in [-0.05, 0) is 18.1 Å². The number of fused-ring (bicyclic) bond motifs is 1. The topological polar surface area (TPSA) is 62.2 Å². The molecular formula is C18H23N5O. The lowest BCUT2D eigenvalue weighted by Gasteiger charge is -2.16. The van der Waals surface area contributed by atoms with Crippen LogP contribution in [-0.4, -0.2) is 39.9 Å². The number of amides is 1. The van der Waals surface area contributed by atoms with Gasteiger partial charge in [0, 0.05) is 45.0 Å². The van der Waals surface area contributed by atoms with Gasteiger partial charge in [-0.25, -0.2) is 15.0 Å². The van der Waals surface area contributed by atoms with Gasteiger partial charge in [0.1, 0.15) is 11.6 Å². The van der Waals surface area contributed by atoms with Crippen molar-refractivity contribution in [1.29, 1.82) is 0 Å². The molecule has 0 bridgehead atoms. The number of carbonyl (C=O) groups excluding carboxylic acids is 1. The van der Waals surface area contributed by atoms with Gasteiger partial charge in [0.2, 0.25) is 0 Å². The minimum Gasteiger partial charge on any atom is -0.346 e. The van der Waals surface area contributed by atoms with Crippen LogP contribution in [-0.2, 0) is 19.5 Å². The molecule has 1 aliphatic rings. The van der Waals surface area contributed by atoms with Crippen molar-refractivity contribution in [2.75, 3.05) is 19.0 Å². The van der Waals surface area contributed by atoms with E-state index in [1.54, 1.807) is 25.2 Å². The molecule has 0 unspecified atom stereocenters. The maximum absolute atomic E-state index is 11.9. The minimum atomic E-state index is -0.0389. The molecule has 0 aliphatic carbocycles. The second kappa shape index (κ2) is 6.55. The second-order valence-corrected chi connectivity index (χ2v) is 6.82. The summed E-state index contributed by atoms with van der Waals surface area (Å²) in [5.41, 5.74) is 2.83. The second-order valence-electron chi connectivity index (χ2n) is 6.82. The van der Waals surface area contributed by atoms with Crippen LogP contribution in [0.5, 0.6) is 0 Å². The molecule has 1 amide bonds. The Morgan fingerprint density at radius 1 is 1.21 bits per heavy atom. The predicted octanol–water partition coefficient (Wildman–Crippen LogP) is 2.29. The number of hydrogen-bond donors (Lipinski definition) is 0. The van der Waals surface area contributed by atoms with Gasteiger partial charge in [-0.1, -0.05) is 13.8 Å². The van der Waals surface area contributed by atoms with Crippen molar-refractivity contribution in [1.82, 2.24) is 19.9 Å². The molecule has 0 N–H and O–H groups in total. The first-order chi connectivity index (χ1) is 11.4. The largest absolute Gasteiger partial charge is 0.346 e. The quantitative estimate of drug-likeness (QED) is 0.863. The maximum Gasteiger partial charge on any atom is 0.254 e. The number of aromatic nitrogens is 3. The Morgan fingerprint density at radius 2 is 2.00 bits per heavy atom. The molecule has 6 heteroatoms. The number of hydrogen-bond acceptors (Lipinski definition) is 5. The summed E-state index contributed by atoms with van der Waals surface area (Å²) in [6.07, 6.45) is 4.47. The normalized spacial score (nSPS) is 13.3. The summed E-state index contributed by atoms with van der Waals surface area (Å²) in [6.45, 7) is 5.83. The maximum atomic E-state index is 11.9. The van der Waals surface area contributed by atoms with E-state index in [9.17, 15) is 4.79 Å². The molecule has 2 aromatic rings. The van der Waals surface area contributed by atoms with Gasteiger partial charge in [-0.2, -0.15) is 0 Å². The lowest BCUT2D eigenvalue weighted by molar-refractivity contribution is 0.0827. The van der Waals surface area contributed by atoms with Crippen LogP contribution in [0.4, 0.5) is 5.82 Å². The molecule has 0 fully saturated rings. The van der Waals surface area contributed by atoms with E-state index in [1.807, 2.05) is 18.3 Å². The zero-order valence-electron chi connectivity index (χ0n) is 14.7. The van der Waals surface area contributed by atoms with E-state index in [4.69, 9.17) is 4.98 Å². The molecular weight excluding hydrogens is 302 g/mol. The highest BCUT2D eigenvalue weighted by molar-refractivity contribution is 5.93.